The SMILES string of the molecule is CC.COC(=O)[C@H](C/C=C/CCC[C@H](NC(C)=O)C(=O)OC)NC(C)=O. The van der Waals surface area contributed by atoms with Crippen LogP contribution in [-0.2, 0) is 28.7 Å². The quantitative estimate of drug-likeness (QED) is 0.341. The van der Waals surface area contributed by atoms with Crippen molar-refractivity contribution in [3.05, 3.63) is 12.2 Å². The van der Waals surface area contributed by atoms with E-state index in [1.165, 1.54) is 28.1 Å². The van der Waals surface area contributed by atoms with E-state index >= 15 is 0 Å². The van der Waals surface area contributed by atoms with Gasteiger partial charge in [0.25, 0.3) is 0 Å². The second-order valence-corrected chi connectivity index (χ2v) is 5.19. The first-order valence-corrected chi connectivity index (χ1v) is 8.66. The number of carbonyl (C=O) groups is 4. The number of allylic oxidation sites excluding steroid dienone is 1. The van der Waals surface area contributed by atoms with Gasteiger partial charge in [-0.2, -0.15) is 0 Å². The van der Waals surface area contributed by atoms with Crippen LogP contribution in [0.3, 0.4) is 0 Å². The Hall–Kier alpha value is -2.38. The molecule has 0 aliphatic rings. The highest BCUT2D eigenvalue weighted by Gasteiger charge is 2.19. The summed E-state index contributed by atoms with van der Waals surface area (Å²) in [5, 5.41) is 5.05. The molecule has 0 heterocycles. The number of rotatable bonds is 10. The first-order valence-electron chi connectivity index (χ1n) is 8.66. The van der Waals surface area contributed by atoms with Crippen molar-refractivity contribution in [3.63, 3.8) is 0 Å². The Morgan fingerprint density at radius 3 is 1.77 bits per heavy atom. The smallest absolute Gasteiger partial charge is 0.328 e. The summed E-state index contributed by atoms with van der Waals surface area (Å²) in [4.78, 5) is 45.1. The number of esters is 2. The van der Waals surface area contributed by atoms with Gasteiger partial charge in [0.05, 0.1) is 14.2 Å². The molecule has 8 heteroatoms. The molecule has 0 bridgehead atoms. The lowest BCUT2D eigenvalue weighted by molar-refractivity contribution is -0.145. The predicted molar refractivity (Wildman–Crippen MR) is 98.2 cm³/mol. The summed E-state index contributed by atoms with van der Waals surface area (Å²) in [6.07, 6.45) is 5.69. The first-order chi connectivity index (χ1) is 12.3. The van der Waals surface area contributed by atoms with Gasteiger partial charge in [-0.3, -0.25) is 9.59 Å². The average Bonchev–Trinajstić information content (AvgIpc) is 2.62. The van der Waals surface area contributed by atoms with Gasteiger partial charge in [-0.05, 0) is 25.7 Å². The van der Waals surface area contributed by atoms with Crippen molar-refractivity contribution >= 4 is 23.8 Å². The van der Waals surface area contributed by atoms with E-state index in [0.717, 1.165) is 0 Å². The molecule has 0 rings (SSSR count). The maximum absolute atomic E-state index is 11.5. The van der Waals surface area contributed by atoms with Gasteiger partial charge in [-0.1, -0.05) is 26.0 Å². The van der Waals surface area contributed by atoms with Crippen molar-refractivity contribution in [2.75, 3.05) is 14.2 Å². The molecule has 26 heavy (non-hydrogen) atoms. The van der Waals surface area contributed by atoms with Crippen LogP contribution in [0.5, 0.6) is 0 Å². The Bertz CT molecular complexity index is 476. The Morgan fingerprint density at radius 1 is 0.846 bits per heavy atom. The average molecular weight is 372 g/mol. The van der Waals surface area contributed by atoms with E-state index in [0.29, 0.717) is 25.7 Å². The van der Waals surface area contributed by atoms with Crippen LogP contribution < -0.4 is 10.6 Å². The van der Waals surface area contributed by atoms with E-state index < -0.39 is 24.0 Å². The van der Waals surface area contributed by atoms with Gasteiger partial charge >= 0.3 is 11.9 Å². The zero-order valence-corrected chi connectivity index (χ0v) is 16.6. The Kier molecular flexibility index (Phi) is 16.0. The summed E-state index contributed by atoms with van der Waals surface area (Å²) in [6.45, 7) is 6.67. The lowest BCUT2D eigenvalue weighted by Crippen LogP contribution is -2.40. The summed E-state index contributed by atoms with van der Waals surface area (Å²) < 4.78 is 9.25. The molecule has 0 spiro atoms. The zero-order chi connectivity index (χ0) is 20.5. The second kappa shape index (κ2) is 16.1. The molecule has 0 saturated carbocycles. The van der Waals surface area contributed by atoms with Crippen LogP contribution in [0, 0.1) is 0 Å². The summed E-state index contributed by atoms with van der Waals surface area (Å²) >= 11 is 0. The molecular weight excluding hydrogens is 340 g/mol. The molecule has 2 N–H and O–H groups in total. The minimum absolute atomic E-state index is 0.294. The Labute approximate surface area is 155 Å². The topological polar surface area (TPSA) is 111 Å². The number of ether oxygens (including phenoxy) is 2. The van der Waals surface area contributed by atoms with Crippen LogP contribution >= 0.6 is 0 Å². The number of carbonyl (C=O) groups excluding carboxylic acids is 4. The van der Waals surface area contributed by atoms with Crippen LogP contribution in [0.4, 0.5) is 0 Å². The number of unbranched alkanes of at least 4 members (excludes halogenated alkanes) is 1. The molecule has 150 valence electrons. The monoisotopic (exact) mass is 372 g/mol. The maximum atomic E-state index is 11.5. The Balaban J connectivity index is 0. The van der Waals surface area contributed by atoms with E-state index in [1.807, 2.05) is 19.9 Å². The molecule has 0 aliphatic carbocycles. The highest BCUT2D eigenvalue weighted by Crippen LogP contribution is 2.05. The van der Waals surface area contributed by atoms with Crippen LogP contribution in [0.2, 0.25) is 0 Å². The molecule has 0 saturated heterocycles. The van der Waals surface area contributed by atoms with Crippen LogP contribution in [-0.4, -0.2) is 50.1 Å². The van der Waals surface area contributed by atoms with E-state index in [-0.39, 0.29) is 11.8 Å². The lowest BCUT2D eigenvalue weighted by atomic mass is 10.1. The normalized spacial score (nSPS) is 12.2. The maximum Gasteiger partial charge on any atom is 0.328 e. The largest absolute Gasteiger partial charge is 0.467 e. The molecule has 8 nitrogen and oxygen atoms in total. The highest BCUT2D eigenvalue weighted by molar-refractivity contribution is 5.83. The molecule has 0 aromatic rings. The van der Waals surface area contributed by atoms with Gasteiger partial charge in [0.15, 0.2) is 0 Å². The molecule has 0 aliphatic heterocycles. The van der Waals surface area contributed by atoms with Crippen molar-refractivity contribution in [2.24, 2.45) is 0 Å². The molecule has 2 atom stereocenters. The molecule has 0 fully saturated rings. The summed E-state index contributed by atoms with van der Waals surface area (Å²) in [7, 11) is 2.53. The standard InChI is InChI=1S/C16H26N2O6.C2H6/c1-11(19)17-13(15(21)23-3)9-7-5-6-8-10-14(16(22)24-4)18-12(2)20;1-2/h5,7,13-14H,6,8-10H2,1-4H3,(H,17,19)(H,18,20);1-2H3/b7-5+;/t13-,14-;/m0./s1. The highest BCUT2D eigenvalue weighted by atomic mass is 16.5. The Morgan fingerprint density at radius 2 is 1.31 bits per heavy atom. The summed E-state index contributed by atoms with van der Waals surface area (Å²) in [6, 6.07) is -1.38. The molecule has 2 amide bonds. The van der Waals surface area contributed by atoms with E-state index in [4.69, 9.17) is 0 Å². The second-order valence-electron chi connectivity index (χ2n) is 5.19. The molecular formula is C18H32N2O6. The lowest BCUT2D eigenvalue weighted by Gasteiger charge is -2.14. The van der Waals surface area contributed by atoms with Crippen molar-refractivity contribution in [1.29, 1.82) is 0 Å². The number of amides is 2. The van der Waals surface area contributed by atoms with E-state index in [2.05, 4.69) is 20.1 Å². The van der Waals surface area contributed by atoms with Crippen molar-refractivity contribution in [2.45, 2.75) is 65.5 Å². The van der Waals surface area contributed by atoms with E-state index in [9.17, 15) is 19.2 Å². The molecule has 0 aromatic carbocycles. The third-order valence-corrected chi connectivity index (χ3v) is 3.13. The third kappa shape index (κ3) is 13.0. The minimum atomic E-state index is -0.717. The first kappa shape index (κ1) is 25.9. The fourth-order valence-electron chi connectivity index (χ4n) is 2.03. The summed E-state index contributed by atoms with van der Waals surface area (Å²) in [5.74, 6) is -1.59. The number of hydrogen-bond acceptors (Lipinski definition) is 6. The number of nitrogens with one attached hydrogen (secondary N) is 2. The van der Waals surface area contributed by atoms with Gasteiger partial charge in [-0.25, -0.2) is 9.59 Å². The van der Waals surface area contributed by atoms with Gasteiger partial charge in [0.2, 0.25) is 11.8 Å². The van der Waals surface area contributed by atoms with Crippen LogP contribution in [0.25, 0.3) is 0 Å². The molecule has 0 aromatic heterocycles. The fourth-order valence-corrected chi connectivity index (χ4v) is 2.03. The third-order valence-electron chi connectivity index (χ3n) is 3.13. The van der Waals surface area contributed by atoms with Crippen molar-refractivity contribution in [3.8, 4) is 0 Å². The number of methoxy groups -OCH3 is 2. The van der Waals surface area contributed by atoms with Crippen LogP contribution in [0.1, 0.15) is 53.4 Å². The summed E-state index contributed by atoms with van der Waals surface area (Å²) in [5.41, 5.74) is 0. The van der Waals surface area contributed by atoms with Crippen molar-refractivity contribution in [1.82, 2.24) is 10.6 Å². The van der Waals surface area contributed by atoms with Gasteiger partial charge in [0.1, 0.15) is 12.1 Å². The molecule has 0 unspecified atom stereocenters. The van der Waals surface area contributed by atoms with E-state index in [1.54, 1.807) is 6.08 Å². The van der Waals surface area contributed by atoms with Crippen LogP contribution in [0.15, 0.2) is 12.2 Å². The zero-order valence-electron chi connectivity index (χ0n) is 16.6. The number of hydrogen-bond donors (Lipinski definition) is 2. The predicted octanol–water partition coefficient (Wildman–Crippen LogP) is 1.48. The van der Waals surface area contributed by atoms with Gasteiger partial charge in [0, 0.05) is 13.8 Å². The van der Waals surface area contributed by atoms with Gasteiger partial charge in [-0.15, -0.1) is 0 Å². The molecule has 0 radical (unpaired) electrons. The van der Waals surface area contributed by atoms with Gasteiger partial charge < -0.3 is 20.1 Å². The van der Waals surface area contributed by atoms with Crippen molar-refractivity contribution < 1.29 is 28.7 Å². The minimum Gasteiger partial charge on any atom is -0.467 e. The fraction of sp³-hybridized carbons (Fsp3) is 0.667.